The minimum absolute atomic E-state index is 0.198. The predicted molar refractivity (Wildman–Crippen MR) is 106 cm³/mol. The maximum absolute atomic E-state index is 9.94. The number of nitrogens with zero attached hydrogens (tertiary/aromatic N) is 1. The van der Waals surface area contributed by atoms with Crippen LogP contribution in [0.1, 0.15) is 18.4 Å². The molecule has 0 amide bonds. The second-order valence-corrected chi connectivity index (χ2v) is 7.09. The van der Waals surface area contributed by atoms with Gasteiger partial charge in [-0.05, 0) is 36.0 Å². The van der Waals surface area contributed by atoms with E-state index in [1.54, 1.807) is 0 Å². The standard InChI is InChI=1S/C20H24INO2/c21-24-15-19-10-11-20(23)14-22(19)13-12-16-6-8-18(9-7-16)17-4-2-1-3-5-17/h1-9,19-20,23H,10-15H2/t19-,20-/m1/s1. The van der Waals surface area contributed by atoms with Crippen molar-refractivity contribution >= 4 is 23.0 Å². The van der Waals surface area contributed by atoms with Crippen LogP contribution in [0.25, 0.3) is 11.1 Å². The lowest BCUT2D eigenvalue weighted by Gasteiger charge is -2.37. The van der Waals surface area contributed by atoms with Crippen LogP contribution in [0.15, 0.2) is 54.6 Å². The molecule has 0 bridgehead atoms. The molecule has 1 aliphatic rings. The van der Waals surface area contributed by atoms with E-state index in [0.29, 0.717) is 6.04 Å². The Morgan fingerprint density at radius 2 is 1.71 bits per heavy atom. The molecule has 24 heavy (non-hydrogen) atoms. The highest BCUT2D eigenvalue weighted by Gasteiger charge is 2.26. The van der Waals surface area contributed by atoms with Crippen LogP contribution in [0.3, 0.4) is 0 Å². The largest absolute Gasteiger partial charge is 0.392 e. The highest BCUT2D eigenvalue weighted by Crippen LogP contribution is 2.21. The molecule has 1 aliphatic heterocycles. The van der Waals surface area contributed by atoms with Gasteiger partial charge in [-0.15, -0.1) is 0 Å². The fraction of sp³-hybridized carbons (Fsp3) is 0.400. The molecule has 1 saturated heterocycles. The number of benzene rings is 2. The van der Waals surface area contributed by atoms with Crippen LogP contribution in [0, 0.1) is 0 Å². The maximum Gasteiger partial charge on any atom is 0.109 e. The van der Waals surface area contributed by atoms with E-state index < -0.39 is 0 Å². The van der Waals surface area contributed by atoms with Crippen molar-refractivity contribution in [2.45, 2.75) is 31.4 Å². The third-order valence-electron chi connectivity index (χ3n) is 4.80. The molecule has 0 spiro atoms. The molecule has 2 aromatic carbocycles. The van der Waals surface area contributed by atoms with E-state index in [9.17, 15) is 5.11 Å². The Labute approximate surface area is 158 Å². The van der Waals surface area contributed by atoms with Gasteiger partial charge in [0, 0.05) is 19.1 Å². The van der Waals surface area contributed by atoms with Gasteiger partial charge in [0.15, 0.2) is 0 Å². The van der Waals surface area contributed by atoms with E-state index >= 15 is 0 Å². The van der Waals surface area contributed by atoms with Gasteiger partial charge in [0.05, 0.1) is 12.7 Å². The number of aliphatic hydroxyl groups is 1. The molecule has 1 N–H and O–H groups in total. The Morgan fingerprint density at radius 1 is 1.00 bits per heavy atom. The van der Waals surface area contributed by atoms with E-state index in [4.69, 9.17) is 3.07 Å². The Kier molecular flexibility index (Phi) is 6.66. The van der Waals surface area contributed by atoms with Gasteiger partial charge in [-0.1, -0.05) is 54.6 Å². The molecular formula is C20H24INO2. The van der Waals surface area contributed by atoms with E-state index in [0.717, 1.165) is 39.0 Å². The zero-order valence-corrected chi connectivity index (χ0v) is 15.9. The minimum Gasteiger partial charge on any atom is -0.392 e. The number of halogens is 1. The van der Waals surface area contributed by atoms with Crippen LogP contribution in [0.2, 0.25) is 0 Å². The number of hydrogen-bond acceptors (Lipinski definition) is 3. The third kappa shape index (κ3) is 4.79. The third-order valence-corrected chi connectivity index (χ3v) is 5.16. The van der Waals surface area contributed by atoms with Crippen molar-refractivity contribution in [2.24, 2.45) is 0 Å². The molecule has 4 heteroatoms. The van der Waals surface area contributed by atoms with Crippen LogP contribution in [-0.4, -0.2) is 41.8 Å². The molecule has 2 aromatic rings. The summed E-state index contributed by atoms with van der Waals surface area (Å²) in [5.74, 6) is 0. The monoisotopic (exact) mass is 437 g/mol. The van der Waals surface area contributed by atoms with Gasteiger partial charge in [-0.3, -0.25) is 4.90 Å². The van der Waals surface area contributed by atoms with Crippen LogP contribution in [0.5, 0.6) is 0 Å². The first-order valence-electron chi connectivity index (χ1n) is 8.56. The van der Waals surface area contributed by atoms with Crippen molar-refractivity contribution in [3.63, 3.8) is 0 Å². The van der Waals surface area contributed by atoms with Crippen LogP contribution in [0.4, 0.5) is 0 Å². The van der Waals surface area contributed by atoms with Gasteiger partial charge in [0.1, 0.15) is 23.0 Å². The Bertz CT molecular complexity index is 617. The van der Waals surface area contributed by atoms with Gasteiger partial charge in [0.2, 0.25) is 0 Å². The number of β-amino-alcohol motifs (C(OH)–C–C–N with tert-alkyl or cyclic N) is 1. The van der Waals surface area contributed by atoms with E-state index in [1.165, 1.54) is 16.7 Å². The molecule has 0 unspecified atom stereocenters. The lowest BCUT2D eigenvalue weighted by molar-refractivity contribution is 0.0244. The molecule has 0 aromatic heterocycles. The SMILES string of the molecule is O[C@@H]1CC[C@H](COI)N(CCc2ccc(-c3ccccc3)cc2)C1. The number of hydrogen-bond donors (Lipinski definition) is 1. The van der Waals surface area contributed by atoms with E-state index in [1.807, 2.05) is 29.1 Å². The first-order valence-corrected chi connectivity index (χ1v) is 9.44. The fourth-order valence-corrected chi connectivity index (χ4v) is 3.80. The molecule has 128 valence electrons. The first kappa shape index (κ1) is 17.9. The number of aliphatic hydroxyl groups excluding tert-OH is 1. The van der Waals surface area contributed by atoms with E-state index in [-0.39, 0.29) is 6.10 Å². The molecular weight excluding hydrogens is 413 g/mol. The molecule has 1 heterocycles. The Hall–Kier alpha value is -0.950. The van der Waals surface area contributed by atoms with Crippen LogP contribution >= 0.6 is 23.0 Å². The normalized spacial score (nSPS) is 21.8. The van der Waals surface area contributed by atoms with Gasteiger partial charge < -0.3 is 8.17 Å². The van der Waals surface area contributed by atoms with Crippen molar-refractivity contribution in [3.8, 4) is 11.1 Å². The average molecular weight is 437 g/mol. The zero-order valence-electron chi connectivity index (χ0n) is 13.8. The summed E-state index contributed by atoms with van der Waals surface area (Å²) in [6, 6.07) is 19.7. The van der Waals surface area contributed by atoms with Crippen molar-refractivity contribution in [1.29, 1.82) is 0 Å². The molecule has 0 radical (unpaired) electrons. The van der Waals surface area contributed by atoms with Crippen molar-refractivity contribution in [3.05, 3.63) is 60.2 Å². The fourth-order valence-electron chi connectivity index (χ4n) is 3.38. The summed E-state index contributed by atoms with van der Waals surface area (Å²) < 4.78 is 5.31. The maximum atomic E-state index is 9.94. The van der Waals surface area contributed by atoms with Gasteiger partial charge in [-0.25, -0.2) is 0 Å². The highest BCUT2D eigenvalue weighted by molar-refractivity contribution is 14.1. The summed E-state index contributed by atoms with van der Waals surface area (Å²) in [5.41, 5.74) is 3.84. The zero-order chi connectivity index (χ0) is 16.8. The van der Waals surface area contributed by atoms with Crippen molar-refractivity contribution in [2.75, 3.05) is 19.7 Å². The highest BCUT2D eigenvalue weighted by atomic mass is 127. The molecule has 1 fully saturated rings. The number of rotatable bonds is 6. The molecule has 2 atom stereocenters. The summed E-state index contributed by atoms with van der Waals surface area (Å²) in [4.78, 5) is 2.37. The van der Waals surface area contributed by atoms with Crippen molar-refractivity contribution in [1.82, 2.24) is 4.90 Å². The van der Waals surface area contributed by atoms with Gasteiger partial charge >= 0.3 is 0 Å². The molecule has 0 saturated carbocycles. The van der Waals surface area contributed by atoms with Crippen LogP contribution in [-0.2, 0) is 9.49 Å². The van der Waals surface area contributed by atoms with Crippen LogP contribution < -0.4 is 0 Å². The second-order valence-electron chi connectivity index (χ2n) is 6.47. The lowest BCUT2D eigenvalue weighted by Crippen LogP contribution is -2.48. The van der Waals surface area contributed by atoms with E-state index in [2.05, 4.69) is 53.4 Å². The second kappa shape index (κ2) is 8.94. The quantitative estimate of drug-likeness (QED) is 0.692. The lowest BCUT2D eigenvalue weighted by atomic mass is 9.99. The Balaban J connectivity index is 1.59. The summed E-state index contributed by atoms with van der Waals surface area (Å²) in [6.07, 6.45) is 2.69. The number of likely N-dealkylation sites (tertiary alicyclic amines) is 1. The van der Waals surface area contributed by atoms with Gasteiger partial charge in [-0.2, -0.15) is 0 Å². The summed E-state index contributed by atoms with van der Waals surface area (Å²) in [6.45, 7) is 2.46. The first-order chi connectivity index (χ1) is 11.8. The smallest absolute Gasteiger partial charge is 0.109 e. The number of piperidine rings is 1. The summed E-state index contributed by atoms with van der Waals surface area (Å²) >= 11 is 1.96. The molecule has 3 rings (SSSR count). The average Bonchev–Trinajstić information content (AvgIpc) is 2.63. The molecule has 3 nitrogen and oxygen atoms in total. The van der Waals surface area contributed by atoms with Crippen molar-refractivity contribution < 1.29 is 8.17 Å². The Morgan fingerprint density at radius 3 is 2.42 bits per heavy atom. The predicted octanol–water partition coefficient (Wildman–Crippen LogP) is 4.09. The summed E-state index contributed by atoms with van der Waals surface area (Å²) in [5, 5.41) is 9.94. The summed E-state index contributed by atoms with van der Waals surface area (Å²) in [7, 11) is 0. The minimum atomic E-state index is -0.198. The molecule has 0 aliphatic carbocycles. The topological polar surface area (TPSA) is 32.7 Å². The van der Waals surface area contributed by atoms with Gasteiger partial charge in [0.25, 0.3) is 0 Å².